The molecule has 1 aliphatic rings. The highest BCUT2D eigenvalue weighted by molar-refractivity contribution is 5.83. The van der Waals surface area contributed by atoms with E-state index in [1.54, 1.807) is 4.90 Å². The molecule has 0 radical (unpaired) electrons. The number of aryl methyl sites for hydroxylation is 1. The smallest absolute Gasteiger partial charge is 0.314 e. The molecular formula is C22H25NO3. The molecule has 1 saturated heterocycles. The zero-order valence-electron chi connectivity index (χ0n) is 15.1. The summed E-state index contributed by atoms with van der Waals surface area (Å²) in [6.45, 7) is 3.06. The number of carbonyl (C=O) groups excluding carboxylic acids is 1. The van der Waals surface area contributed by atoms with Crippen LogP contribution in [0.2, 0.25) is 0 Å². The van der Waals surface area contributed by atoms with Gasteiger partial charge in [-0.05, 0) is 36.0 Å². The van der Waals surface area contributed by atoms with Crippen LogP contribution in [0.5, 0.6) is 0 Å². The van der Waals surface area contributed by atoms with Crippen molar-refractivity contribution in [2.45, 2.75) is 38.0 Å². The van der Waals surface area contributed by atoms with Gasteiger partial charge in [-0.1, -0.05) is 61.5 Å². The summed E-state index contributed by atoms with van der Waals surface area (Å²) < 4.78 is 0. The third-order valence-corrected chi connectivity index (χ3v) is 5.49. The van der Waals surface area contributed by atoms with E-state index in [2.05, 4.69) is 19.1 Å². The van der Waals surface area contributed by atoms with Crippen LogP contribution in [0.1, 0.15) is 36.5 Å². The summed E-state index contributed by atoms with van der Waals surface area (Å²) in [6.07, 6.45) is 2.26. The number of rotatable bonds is 5. The maximum Gasteiger partial charge on any atom is 0.314 e. The maximum absolute atomic E-state index is 12.6. The first kappa shape index (κ1) is 18.2. The molecule has 0 atom stereocenters. The number of hydrogen-bond acceptors (Lipinski definition) is 2. The van der Waals surface area contributed by atoms with E-state index in [9.17, 15) is 14.7 Å². The molecule has 4 heteroatoms. The van der Waals surface area contributed by atoms with Gasteiger partial charge in [0.25, 0.3) is 0 Å². The van der Waals surface area contributed by atoms with Crippen molar-refractivity contribution in [2.75, 3.05) is 13.1 Å². The van der Waals surface area contributed by atoms with Gasteiger partial charge in [0.2, 0.25) is 5.91 Å². The molecule has 0 aliphatic carbocycles. The van der Waals surface area contributed by atoms with E-state index in [0.717, 1.165) is 17.5 Å². The van der Waals surface area contributed by atoms with Gasteiger partial charge in [0.1, 0.15) is 0 Å². The highest BCUT2D eigenvalue weighted by atomic mass is 16.4. The quantitative estimate of drug-likeness (QED) is 0.898. The van der Waals surface area contributed by atoms with E-state index in [4.69, 9.17) is 0 Å². The van der Waals surface area contributed by atoms with Crippen LogP contribution in [0.15, 0.2) is 54.6 Å². The Kier molecular flexibility index (Phi) is 5.40. The van der Waals surface area contributed by atoms with E-state index in [1.165, 1.54) is 5.56 Å². The molecule has 1 N–H and O–H groups in total. The summed E-state index contributed by atoms with van der Waals surface area (Å²) in [6, 6.07) is 17.5. The summed E-state index contributed by atoms with van der Waals surface area (Å²) in [5.41, 5.74) is 2.20. The lowest BCUT2D eigenvalue weighted by Gasteiger charge is -2.39. The largest absolute Gasteiger partial charge is 0.481 e. The van der Waals surface area contributed by atoms with Gasteiger partial charge >= 0.3 is 5.97 Å². The van der Waals surface area contributed by atoms with Crippen molar-refractivity contribution in [1.82, 2.24) is 4.90 Å². The summed E-state index contributed by atoms with van der Waals surface area (Å²) in [7, 11) is 0. The fourth-order valence-electron chi connectivity index (χ4n) is 3.70. The lowest BCUT2D eigenvalue weighted by Crippen LogP contribution is -2.49. The van der Waals surface area contributed by atoms with Gasteiger partial charge in [0.15, 0.2) is 0 Å². The second kappa shape index (κ2) is 7.73. The Morgan fingerprint density at radius 2 is 1.54 bits per heavy atom. The average Bonchev–Trinajstić information content (AvgIpc) is 2.69. The Morgan fingerprint density at radius 3 is 2.08 bits per heavy atom. The van der Waals surface area contributed by atoms with Crippen LogP contribution in [-0.2, 0) is 27.8 Å². The van der Waals surface area contributed by atoms with Gasteiger partial charge in [0, 0.05) is 13.1 Å². The van der Waals surface area contributed by atoms with Gasteiger partial charge < -0.3 is 10.0 Å². The molecule has 2 aromatic rings. The van der Waals surface area contributed by atoms with E-state index in [-0.39, 0.29) is 5.91 Å². The Balaban J connectivity index is 1.66. The van der Waals surface area contributed by atoms with Crippen LogP contribution >= 0.6 is 0 Å². The van der Waals surface area contributed by atoms with Gasteiger partial charge in [0.05, 0.1) is 11.8 Å². The number of benzene rings is 2. The molecule has 1 amide bonds. The fourth-order valence-corrected chi connectivity index (χ4v) is 3.70. The van der Waals surface area contributed by atoms with Crippen molar-refractivity contribution >= 4 is 11.9 Å². The van der Waals surface area contributed by atoms with Crippen LogP contribution in [0.4, 0.5) is 0 Å². The molecule has 0 saturated carbocycles. The first-order valence-electron chi connectivity index (χ1n) is 9.19. The number of aliphatic carboxylic acids is 1. The molecule has 0 aromatic heterocycles. The maximum atomic E-state index is 12.6. The molecular weight excluding hydrogens is 326 g/mol. The number of carbonyl (C=O) groups is 2. The van der Waals surface area contributed by atoms with Crippen molar-refractivity contribution in [2.24, 2.45) is 0 Å². The third kappa shape index (κ3) is 3.64. The Hall–Kier alpha value is -2.62. The normalized spacial score (nSPS) is 16.3. The van der Waals surface area contributed by atoms with E-state index in [0.29, 0.717) is 32.4 Å². The monoisotopic (exact) mass is 351 g/mol. The van der Waals surface area contributed by atoms with Crippen molar-refractivity contribution in [1.29, 1.82) is 0 Å². The highest BCUT2D eigenvalue weighted by Crippen LogP contribution is 2.36. The number of piperidine rings is 1. The molecule has 26 heavy (non-hydrogen) atoms. The lowest BCUT2D eigenvalue weighted by molar-refractivity contribution is -0.148. The molecule has 3 rings (SSSR count). The molecule has 4 nitrogen and oxygen atoms in total. The number of nitrogens with zero attached hydrogens (tertiary/aromatic N) is 1. The minimum atomic E-state index is -0.888. The Morgan fingerprint density at radius 1 is 0.962 bits per heavy atom. The lowest BCUT2D eigenvalue weighted by atomic mass is 9.73. The zero-order valence-corrected chi connectivity index (χ0v) is 15.1. The van der Waals surface area contributed by atoms with Crippen LogP contribution in [0.3, 0.4) is 0 Å². The van der Waals surface area contributed by atoms with Gasteiger partial charge in [-0.2, -0.15) is 0 Å². The molecule has 1 fully saturated rings. The van der Waals surface area contributed by atoms with Crippen molar-refractivity contribution in [3.8, 4) is 0 Å². The average molecular weight is 351 g/mol. The molecule has 136 valence electrons. The van der Waals surface area contributed by atoms with Crippen LogP contribution in [-0.4, -0.2) is 35.0 Å². The SMILES string of the molecule is CCc1ccc(CC(=O)N2CCC(C(=O)O)(c3ccccc3)CC2)cc1. The summed E-state index contributed by atoms with van der Waals surface area (Å²) in [5.74, 6) is -0.729. The highest BCUT2D eigenvalue weighted by Gasteiger charge is 2.43. The first-order chi connectivity index (χ1) is 12.5. The molecule has 1 aliphatic heterocycles. The van der Waals surface area contributed by atoms with E-state index in [1.807, 2.05) is 42.5 Å². The summed E-state index contributed by atoms with van der Waals surface area (Å²) >= 11 is 0. The second-order valence-corrected chi connectivity index (χ2v) is 6.98. The van der Waals surface area contributed by atoms with Crippen molar-refractivity contribution in [3.63, 3.8) is 0 Å². The van der Waals surface area contributed by atoms with Crippen molar-refractivity contribution in [3.05, 3.63) is 71.3 Å². The van der Waals surface area contributed by atoms with Crippen LogP contribution in [0.25, 0.3) is 0 Å². The van der Waals surface area contributed by atoms with Crippen LogP contribution in [0, 0.1) is 0 Å². The molecule has 2 aromatic carbocycles. The standard InChI is InChI=1S/C22H25NO3/c1-2-17-8-10-18(11-9-17)16-20(24)23-14-12-22(13-15-23,21(25)26)19-6-4-3-5-7-19/h3-11H,2,12-16H2,1H3,(H,25,26). The van der Waals surface area contributed by atoms with Gasteiger partial charge in [-0.3, -0.25) is 9.59 Å². The molecule has 0 spiro atoms. The van der Waals surface area contributed by atoms with Crippen LogP contribution < -0.4 is 0 Å². The summed E-state index contributed by atoms with van der Waals surface area (Å²) in [5, 5.41) is 9.85. The molecule has 0 unspecified atom stereocenters. The summed E-state index contributed by atoms with van der Waals surface area (Å²) in [4.78, 5) is 26.4. The Bertz CT molecular complexity index is 760. The minimum absolute atomic E-state index is 0.0706. The predicted molar refractivity (Wildman–Crippen MR) is 101 cm³/mol. The first-order valence-corrected chi connectivity index (χ1v) is 9.19. The van der Waals surface area contributed by atoms with E-state index < -0.39 is 11.4 Å². The third-order valence-electron chi connectivity index (χ3n) is 5.49. The number of likely N-dealkylation sites (tertiary alicyclic amines) is 1. The minimum Gasteiger partial charge on any atom is -0.481 e. The van der Waals surface area contributed by atoms with Crippen molar-refractivity contribution < 1.29 is 14.7 Å². The fraction of sp³-hybridized carbons (Fsp3) is 0.364. The number of amides is 1. The number of hydrogen-bond donors (Lipinski definition) is 1. The number of carboxylic acid groups (broad SMARTS) is 1. The molecule has 0 bridgehead atoms. The number of carboxylic acids is 1. The zero-order chi connectivity index (χ0) is 18.6. The Labute approximate surface area is 154 Å². The predicted octanol–water partition coefficient (Wildman–Crippen LogP) is 3.44. The van der Waals surface area contributed by atoms with E-state index >= 15 is 0 Å². The second-order valence-electron chi connectivity index (χ2n) is 6.98. The molecule has 1 heterocycles. The van der Waals surface area contributed by atoms with Gasteiger partial charge in [-0.15, -0.1) is 0 Å². The topological polar surface area (TPSA) is 57.6 Å². The van der Waals surface area contributed by atoms with Gasteiger partial charge in [-0.25, -0.2) is 0 Å².